The lowest BCUT2D eigenvalue weighted by molar-refractivity contribution is 0.0935. The SMILES string of the molecule is COCc1cc(C)nc2sc3c(c12)N[C@@H](c1ccco1)NC3=O. The van der Waals surface area contributed by atoms with E-state index in [4.69, 9.17) is 9.15 Å². The van der Waals surface area contributed by atoms with Gasteiger partial charge in [0.15, 0.2) is 6.17 Å². The quantitative estimate of drug-likeness (QED) is 0.772. The standard InChI is InChI=1S/C16H15N3O3S/c1-8-6-9(7-21-2)11-12-13(23-16(11)17-8)15(20)19-14(18-12)10-4-3-5-22-10/h3-6,14,18H,7H2,1-2H3,(H,19,20)/t14-/m1/s1. The summed E-state index contributed by atoms with van der Waals surface area (Å²) >= 11 is 1.39. The minimum atomic E-state index is -0.389. The molecule has 4 rings (SSSR count). The van der Waals surface area contributed by atoms with Crippen molar-refractivity contribution in [3.63, 3.8) is 0 Å². The fourth-order valence-electron chi connectivity index (χ4n) is 2.85. The number of aromatic nitrogens is 1. The Morgan fingerprint density at radius 3 is 3.04 bits per heavy atom. The number of hydrogen-bond acceptors (Lipinski definition) is 6. The van der Waals surface area contributed by atoms with Crippen LogP contribution in [0.2, 0.25) is 0 Å². The number of rotatable bonds is 3. The van der Waals surface area contributed by atoms with Gasteiger partial charge in [0, 0.05) is 18.2 Å². The minimum Gasteiger partial charge on any atom is -0.465 e. The topological polar surface area (TPSA) is 76.4 Å². The molecule has 4 heterocycles. The first-order valence-corrected chi connectivity index (χ1v) is 8.02. The maximum Gasteiger partial charge on any atom is 0.265 e. The van der Waals surface area contributed by atoms with Crippen LogP contribution in [0.3, 0.4) is 0 Å². The predicted octanol–water partition coefficient (Wildman–Crippen LogP) is 3.20. The second kappa shape index (κ2) is 5.36. The highest BCUT2D eigenvalue weighted by Crippen LogP contribution is 2.41. The number of aryl methyl sites for hydroxylation is 1. The third-order valence-corrected chi connectivity index (χ3v) is 4.85. The number of carbonyl (C=O) groups is 1. The van der Waals surface area contributed by atoms with Crippen LogP contribution in [0.1, 0.15) is 32.9 Å². The van der Waals surface area contributed by atoms with Gasteiger partial charge in [-0.15, -0.1) is 11.3 Å². The summed E-state index contributed by atoms with van der Waals surface area (Å²) in [6.45, 7) is 2.41. The average Bonchev–Trinajstić information content (AvgIpc) is 3.14. The molecule has 1 amide bonds. The minimum absolute atomic E-state index is 0.121. The van der Waals surface area contributed by atoms with Gasteiger partial charge in [-0.05, 0) is 30.7 Å². The Hall–Kier alpha value is -2.38. The Morgan fingerprint density at radius 1 is 1.43 bits per heavy atom. The molecule has 1 aliphatic heterocycles. The van der Waals surface area contributed by atoms with E-state index in [0.29, 0.717) is 17.2 Å². The van der Waals surface area contributed by atoms with Crippen molar-refractivity contribution in [3.05, 3.63) is 46.4 Å². The Labute approximate surface area is 136 Å². The number of ether oxygens (including phenoxy) is 1. The van der Waals surface area contributed by atoms with Crippen LogP contribution in [0.4, 0.5) is 5.69 Å². The largest absolute Gasteiger partial charge is 0.465 e. The number of amides is 1. The van der Waals surface area contributed by atoms with Gasteiger partial charge in [0.05, 0.1) is 18.6 Å². The first-order chi connectivity index (χ1) is 11.2. The van der Waals surface area contributed by atoms with Crippen LogP contribution in [0.25, 0.3) is 10.2 Å². The number of carbonyl (C=O) groups excluding carboxylic acids is 1. The fraction of sp³-hybridized carbons (Fsp3) is 0.250. The number of furan rings is 1. The van der Waals surface area contributed by atoms with Gasteiger partial charge in [0.2, 0.25) is 0 Å². The van der Waals surface area contributed by atoms with E-state index in [0.717, 1.165) is 27.2 Å². The molecule has 1 aliphatic rings. The second-order valence-corrected chi connectivity index (χ2v) is 6.41. The van der Waals surface area contributed by atoms with Crippen LogP contribution in [-0.2, 0) is 11.3 Å². The van der Waals surface area contributed by atoms with Crippen molar-refractivity contribution in [1.29, 1.82) is 0 Å². The van der Waals surface area contributed by atoms with Gasteiger partial charge >= 0.3 is 0 Å². The fourth-order valence-corrected chi connectivity index (χ4v) is 3.99. The number of nitrogens with zero attached hydrogens (tertiary/aromatic N) is 1. The van der Waals surface area contributed by atoms with E-state index in [1.54, 1.807) is 19.4 Å². The zero-order chi connectivity index (χ0) is 16.0. The summed E-state index contributed by atoms with van der Waals surface area (Å²) in [6, 6.07) is 5.62. The molecule has 0 fully saturated rings. The molecule has 118 valence electrons. The smallest absolute Gasteiger partial charge is 0.265 e. The molecule has 7 heteroatoms. The van der Waals surface area contributed by atoms with E-state index in [2.05, 4.69) is 15.6 Å². The van der Waals surface area contributed by atoms with Crippen LogP contribution in [0, 0.1) is 6.92 Å². The Bertz CT molecular complexity index is 886. The summed E-state index contributed by atoms with van der Waals surface area (Å²) in [5.41, 5.74) is 2.73. The molecule has 3 aromatic rings. The molecule has 3 aromatic heterocycles. The molecule has 0 bridgehead atoms. The van der Waals surface area contributed by atoms with Crippen molar-refractivity contribution >= 4 is 33.1 Å². The molecule has 0 saturated carbocycles. The van der Waals surface area contributed by atoms with Crippen molar-refractivity contribution in [2.24, 2.45) is 0 Å². The van der Waals surface area contributed by atoms with Crippen molar-refractivity contribution < 1.29 is 13.9 Å². The van der Waals surface area contributed by atoms with E-state index in [1.807, 2.05) is 19.1 Å². The molecule has 23 heavy (non-hydrogen) atoms. The lowest BCUT2D eigenvalue weighted by Gasteiger charge is -2.24. The molecule has 2 N–H and O–H groups in total. The summed E-state index contributed by atoms with van der Waals surface area (Å²) in [5, 5.41) is 7.22. The Kier molecular flexibility index (Phi) is 3.32. The molecule has 0 spiro atoms. The Balaban J connectivity index is 1.89. The monoisotopic (exact) mass is 329 g/mol. The lowest BCUT2D eigenvalue weighted by Crippen LogP contribution is -2.37. The van der Waals surface area contributed by atoms with Crippen molar-refractivity contribution in [2.45, 2.75) is 19.7 Å². The maximum atomic E-state index is 12.5. The number of methoxy groups -OCH3 is 1. The zero-order valence-corrected chi connectivity index (χ0v) is 13.5. The zero-order valence-electron chi connectivity index (χ0n) is 12.7. The van der Waals surface area contributed by atoms with Gasteiger partial charge < -0.3 is 19.8 Å². The first kappa shape index (κ1) is 14.2. The lowest BCUT2D eigenvalue weighted by atomic mass is 10.1. The Morgan fingerprint density at radius 2 is 2.30 bits per heavy atom. The number of fused-ring (bicyclic) bond motifs is 3. The highest BCUT2D eigenvalue weighted by Gasteiger charge is 2.31. The maximum absolute atomic E-state index is 12.5. The van der Waals surface area contributed by atoms with E-state index >= 15 is 0 Å². The molecule has 0 aliphatic carbocycles. The molecule has 0 saturated heterocycles. The van der Waals surface area contributed by atoms with E-state index in [9.17, 15) is 4.79 Å². The summed E-state index contributed by atoms with van der Waals surface area (Å²) < 4.78 is 10.7. The van der Waals surface area contributed by atoms with Crippen LogP contribution >= 0.6 is 11.3 Å². The number of nitrogens with one attached hydrogen (secondary N) is 2. The number of pyridine rings is 1. The van der Waals surface area contributed by atoms with Gasteiger partial charge in [0.1, 0.15) is 15.5 Å². The van der Waals surface area contributed by atoms with Crippen LogP contribution in [-0.4, -0.2) is 18.0 Å². The van der Waals surface area contributed by atoms with Gasteiger partial charge in [-0.1, -0.05) is 0 Å². The molecule has 0 aromatic carbocycles. The second-order valence-electron chi connectivity index (χ2n) is 5.41. The van der Waals surface area contributed by atoms with E-state index in [-0.39, 0.29) is 12.1 Å². The van der Waals surface area contributed by atoms with Crippen LogP contribution in [0.5, 0.6) is 0 Å². The average molecular weight is 329 g/mol. The number of thiophene rings is 1. The highest BCUT2D eigenvalue weighted by molar-refractivity contribution is 7.21. The number of anilines is 1. The van der Waals surface area contributed by atoms with E-state index < -0.39 is 0 Å². The summed E-state index contributed by atoms with van der Waals surface area (Å²) in [5.74, 6) is 0.542. The molecule has 6 nitrogen and oxygen atoms in total. The van der Waals surface area contributed by atoms with Gasteiger partial charge in [-0.25, -0.2) is 4.98 Å². The van der Waals surface area contributed by atoms with Gasteiger partial charge in [-0.3, -0.25) is 4.79 Å². The normalized spacial score (nSPS) is 17.0. The summed E-state index contributed by atoms with van der Waals surface area (Å²) in [7, 11) is 1.66. The highest BCUT2D eigenvalue weighted by atomic mass is 32.1. The predicted molar refractivity (Wildman–Crippen MR) is 87.6 cm³/mol. The first-order valence-electron chi connectivity index (χ1n) is 7.20. The molecular formula is C16H15N3O3S. The molecule has 0 radical (unpaired) electrons. The van der Waals surface area contributed by atoms with Crippen LogP contribution < -0.4 is 10.6 Å². The number of hydrogen-bond donors (Lipinski definition) is 2. The van der Waals surface area contributed by atoms with Gasteiger partial charge in [-0.2, -0.15) is 0 Å². The van der Waals surface area contributed by atoms with Crippen molar-refractivity contribution in [1.82, 2.24) is 10.3 Å². The van der Waals surface area contributed by atoms with Crippen LogP contribution in [0.15, 0.2) is 28.9 Å². The third-order valence-electron chi connectivity index (χ3n) is 3.77. The summed E-state index contributed by atoms with van der Waals surface area (Å²) in [4.78, 5) is 18.5. The third kappa shape index (κ3) is 2.29. The molecule has 1 atom stereocenters. The van der Waals surface area contributed by atoms with E-state index in [1.165, 1.54) is 11.3 Å². The molecule has 0 unspecified atom stereocenters. The van der Waals surface area contributed by atoms with Gasteiger partial charge in [0.25, 0.3) is 5.91 Å². The van der Waals surface area contributed by atoms with Crippen molar-refractivity contribution in [3.8, 4) is 0 Å². The molecular weight excluding hydrogens is 314 g/mol. The van der Waals surface area contributed by atoms with Crippen molar-refractivity contribution in [2.75, 3.05) is 12.4 Å². The summed E-state index contributed by atoms with van der Waals surface area (Å²) in [6.07, 6.45) is 1.20.